The number of para-hydroxylation sites is 1. The van der Waals surface area contributed by atoms with E-state index in [1.807, 2.05) is 0 Å². The number of fused-ring (bicyclic) bond motifs is 1. The second-order valence-corrected chi connectivity index (χ2v) is 5.57. The number of halogens is 3. The van der Waals surface area contributed by atoms with Gasteiger partial charge in [0.15, 0.2) is 0 Å². The fraction of sp³-hybridized carbons (Fsp3) is 0.250. The molecule has 2 heterocycles. The molecule has 2 aromatic heterocycles. The van der Waals surface area contributed by atoms with Crippen molar-refractivity contribution in [3.63, 3.8) is 0 Å². The number of hydrogen-bond donors (Lipinski definition) is 1. The van der Waals surface area contributed by atoms with Crippen LogP contribution in [0.15, 0.2) is 30.6 Å². The third-order valence-electron chi connectivity index (χ3n) is 4.01. The molecule has 0 saturated carbocycles. The van der Waals surface area contributed by atoms with Crippen LogP contribution in [0.5, 0.6) is 0 Å². The molecule has 0 radical (unpaired) electrons. The molecule has 0 amide bonds. The topological polar surface area (TPSA) is 60.0 Å². The number of aryl methyl sites for hydroxylation is 1. The first-order chi connectivity index (χ1) is 11.2. The number of aromatic nitrogens is 3. The number of alkyl halides is 3. The highest BCUT2D eigenvalue weighted by Gasteiger charge is 2.28. The van der Waals surface area contributed by atoms with Gasteiger partial charge in [-0.3, -0.25) is 4.68 Å². The number of carboxylic acid groups (broad SMARTS) is 1. The van der Waals surface area contributed by atoms with E-state index >= 15 is 0 Å². The van der Waals surface area contributed by atoms with Crippen LogP contribution in [0.3, 0.4) is 0 Å². The summed E-state index contributed by atoms with van der Waals surface area (Å²) < 4.78 is 40.0. The Morgan fingerprint density at radius 1 is 1.33 bits per heavy atom. The summed E-state index contributed by atoms with van der Waals surface area (Å²) in [4.78, 5) is 11.5. The van der Waals surface area contributed by atoms with Crippen LogP contribution >= 0.6 is 0 Å². The number of nitrogens with zero attached hydrogens (tertiary/aromatic N) is 3. The quantitative estimate of drug-likeness (QED) is 0.794. The molecule has 1 N–H and O–H groups in total. The van der Waals surface area contributed by atoms with Gasteiger partial charge in [0.2, 0.25) is 0 Å². The van der Waals surface area contributed by atoms with E-state index < -0.39 is 18.7 Å². The van der Waals surface area contributed by atoms with Crippen LogP contribution in [0.1, 0.15) is 16.1 Å². The van der Waals surface area contributed by atoms with Gasteiger partial charge < -0.3 is 9.67 Å². The first-order valence-corrected chi connectivity index (χ1v) is 7.10. The van der Waals surface area contributed by atoms with E-state index in [2.05, 4.69) is 5.10 Å². The van der Waals surface area contributed by atoms with Gasteiger partial charge in [-0.15, -0.1) is 0 Å². The second-order valence-electron chi connectivity index (χ2n) is 5.57. The number of hydrogen-bond acceptors (Lipinski definition) is 2. The zero-order valence-electron chi connectivity index (χ0n) is 12.9. The molecule has 0 spiro atoms. The van der Waals surface area contributed by atoms with E-state index in [4.69, 9.17) is 0 Å². The molecule has 0 atom stereocenters. The predicted molar refractivity (Wildman–Crippen MR) is 81.9 cm³/mol. The average Bonchev–Trinajstić information content (AvgIpc) is 3.01. The number of aromatic carboxylic acids is 1. The molecule has 0 bridgehead atoms. The van der Waals surface area contributed by atoms with Crippen LogP contribution < -0.4 is 0 Å². The molecule has 3 aromatic rings. The molecular weight excluding hydrogens is 323 g/mol. The molecule has 1 aromatic carbocycles. The Balaban J connectivity index is 2.18. The van der Waals surface area contributed by atoms with Crippen molar-refractivity contribution in [2.45, 2.75) is 19.6 Å². The lowest BCUT2D eigenvalue weighted by Crippen LogP contribution is -2.17. The monoisotopic (exact) mass is 337 g/mol. The summed E-state index contributed by atoms with van der Waals surface area (Å²) in [5.41, 5.74) is 2.56. The van der Waals surface area contributed by atoms with Crippen molar-refractivity contribution in [2.24, 2.45) is 7.05 Å². The maximum absolute atomic E-state index is 12.5. The summed E-state index contributed by atoms with van der Waals surface area (Å²) in [7, 11) is 1.73. The first-order valence-electron chi connectivity index (χ1n) is 7.10. The van der Waals surface area contributed by atoms with E-state index in [0.29, 0.717) is 27.7 Å². The maximum Gasteiger partial charge on any atom is 0.408 e. The first kappa shape index (κ1) is 16.1. The number of carbonyl (C=O) groups is 1. The van der Waals surface area contributed by atoms with E-state index in [0.717, 1.165) is 4.68 Å². The lowest BCUT2D eigenvalue weighted by atomic mass is 10.0. The van der Waals surface area contributed by atoms with Crippen LogP contribution in [0, 0.1) is 6.92 Å². The summed E-state index contributed by atoms with van der Waals surface area (Å²) in [5, 5.41) is 13.7. The van der Waals surface area contributed by atoms with Gasteiger partial charge in [-0.2, -0.15) is 18.3 Å². The van der Waals surface area contributed by atoms with Gasteiger partial charge >= 0.3 is 12.1 Å². The van der Waals surface area contributed by atoms with Gasteiger partial charge in [-0.1, -0.05) is 18.2 Å². The summed E-state index contributed by atoms with van der Waals surface area (Å²) >= 11 is 0. The highest BCUT2D eigenvalue weighted by atomic mass is 19.4. The van der Waals surface area contributed by atoms with Crippen LogP contribution in [0.4, 0.5) is 13.2 Å². The minimum absolute atomic E-state index is 0.192. The number of carboxylic acids is 1. The minimum atomic E-state index is -4.35. The van der Waals surface area contributed by atoms with Crippen molar-refractivity contribution < 1.29 is 23.1 Å². The van der Waals surface area contributed by atoms with Crippen molar-refractivity contribution >= 4 is 16.9 Å². The van der Waals surface area contributed by atoms with Gasteiger partial charge in [0.1, 0.15) is 6.54 Å². The Hall–Kier alpha value is -2.77. The lowest BCUT2D eigenvalue weighted by Gasteiger charge is -2.06. The van der Waals surface area contributed by atoms with E-state index in [1.165, 1.54) is 12.4 Å². The lowest BCUT2D eigenvalue weighted by molar-refractivity contribution is -0.142. The Bertz CT molecular complexity index is 938. The van der Waals surface area contributed by atoms with Crippen molar-refractivity contribution in [1.29, 1.82) is 0 Å². The summed E-state index contributed by atoms with van der Waals surface area (Å²) in [6.45, 7) is 0.524. The van der Waals surface area contributed by atoms with Crippen LogP contribution in [-0.4, -0.2) is 31.6 Å². The summed E-state index contributed by atoms with van der Waals surface area (Å²) in [5.74, 6) is -1.04. The molecule has 0 fully saturated rings. The molecule has 0 aliphatic carbocycles. The molecular formula is C16H14F3N3O2. The fourth-order valence-electron chi connectivity index (χ4n) is 2.91. The number of benzene rings is 1. The molecule has 3 rings (SSSR count). The summed E-state index contributed by atoms with van der Waals surface area (Å²) in [6, 6.07) is 5.11. The maximum atomic E-state index is 12.5. The van der Waals surface area contributed by atoms with Gasteiger partial charge in [0.25, 0.3) is 0 Å². The number of rotatable bonds is 3. The van der Waals surface area contributed by atoms with Gasteiger partial charge in [-0.25, -0.2) is 4.79 Å². The van der Waals surface area contributed by atoms with E-state index in [9.17, 15) is 23.1 Å². The third kappa shape index (κ3) is 2.64. The molecule has 126 valence electrons. The zero-order chi connectivity index (χ0) is 17.6. The highest BCUT2D eigenvalue weighted by molar-refractivity contribution is 6.08. The van der Waals surface area contributed by atoms with Crippen molar-refractivity contribution in [3.05, 3.63) is 41.9 Å². The van der Waals surface area contributed by atoms with Crippen molar-refractivity contribution in [2.75, 3.05) is 0 Å². The van der Waals surface area contributed by atoms with Crippen molar-refractivity contribution in [3.8, 4) is 11.1 Å². The molecule has 0 aliphatic rings. The Labute approximate surface area is 134 Å². The molecule has 0 aliphatic heterocycles. The van der Waals surface area contributed by atoms with E-state index in [1.54, 1.807) is 36.7 Å². The smallest absolute Gasteiger partial charge is 0.408 e. The average molecular weight is 337 g/mol. The molecule has 0 saturated heterocycles. The fourth-order valence-corrected chi connectivity index (χ4v) is 2.91. The van der Waals surface area contributed by atoms with Gasteiger partial charge in [-0.05, 0) is 6.92 Å². The van der Waals surface area contributed by atoms with Crippen LogP contribution in [-0.2, 0) is 13.6 Å². The SMILES string of the molecule is Cc1c(C(=O)O)c2cccc(-c3cnn(CC(F)(F)F)c3)c2n1C. The van der Waals surface area contributed by atoms with Gasteiger partial charge in [0.05, 0.1) is 17.3 Å². The third-order valence-corrected chi connectivity index (χ3v) is 4.01. The Morgan fingerprint density at radius 3 is 2.67 bits per heavy atom. The van der Waals surface area contributed by atoms with Crippen molar-refractivity contribution in [1.82, 2.24) is 14.3 Å². The predicted octanol–water partition coefficient (Wildman–Crippen LogP) is 3.61. The molecule has 24 heavy (non-hydrogen) atoms. The normalized spacial score (nSPS) is 12.0. The molecule has 8 heteroatoms. The van der Waals surface area contributed by atoms with Gasteiger partial charge in [0, 0.05) is 35.5 Å². The molecule has 0 unspecified atom stereocenters. The second kappa shape index (κ2) is 5.40. The Kier molecular flexibility index (Phi) is 3.62. The van der Waals surface area contributed by atoms with Crippen LogP contribution in [0.25, 0.3) is 22.0 Å². The zero-order valence-corrected chi connectivity index (χ0v) is 12.9. The highest BCUT2D eigenvalue weighted by Crippen LogP contribution is 2.33. The van der Waals surface area contributed by atoms with E-state index in [-0.39, 0.29) is 5.56 Å². The molecule has 5 nitrogen and oxygen atoms in total. The summed E-state index contributed by atoms with van der Waals surface area (Å²) in [6.07, 6.45) is -1.69. The van der Waals surface area contributed by atoms with Crippen LogP contribution in [0.2, 0.25) is 0 Å². The standard InChI is InChI=1S/C16H14F3N3O2/c1-9-13(15(23)24)12-5-3-4-11(14(12)21(9)2)10-6-20-22(7-10)8-16(17,18)19/h3-7H,8H2,1-2H3,(H,23,24). The minimum Gasteiger partial charge on any atom is -0.478 e. The Morgan fingerprint density at radius 2 is 2.04 bits per heavy atom. The largest absolute Gasteiger partial charge is 0.478 e.